The lowest BCUT2D eigenvalue weighted by atomic mass is 10.0. The van der Waals surface area contributed by atoms with Gasteiger partial charge in [-0.25, -0.2) is 0 Å². The molecule has 0 aromatic carbocycles. The summed E-state index contributed by atoms with van der Waals surface area (Å²) in [5.74, 6) is -1.09. The molecule has 0 aromatic rings. The Kier molecular flexibility index (Phi) is 6.34. The molecule has 0 unspecified atom stereocenters. The molecule has 0 aliphatic rings. The van der Waals surface area contributed by atoms with Gasteiger partial charge in [-0.15, -0.1) is 0 Å². The topological polar surface area (TPSA) is 107 Å². The Bertz CT molecular complexity index is 322. The number of ketones is 1. The van der Waals surface area contributed by atoms with Gasteiger partial charge in [-0.3, -0.25) is 9.59 Å². The maximum Gasteiger partial charge on any atom is 0.247 e. The first kappa shape index (κ1) is 15.5. The van der Waals surface area contributed by atoms with E-state index in [0.717, 1.165) is 12.2 Å². The van der Waals surface area contributed by atoms with Gasteiger partial charge in [-0.1, -0.05) is 6.58 Å². The van der Waals surface area contributed by atoms with E-state index in [1.54, 1.807) is 0 Å². The zero-order valence-electron chi connectivity index (χ0n) is 9.64. The summed E-state index contributed by atoms with van der Waals surface area (Å²) in [6, 6.07) is 0. The van der Waals surface area contributed by atoms with E-state index in [9.17, 15) is 9.59 Å². The Morgan fingerprint density at radius 1 is 1.24 bits per heavy atom. The smallest absolute Gasteiger partial charge is 0.247 e. The van der Waals surface area contributed by atoms with Crippen LogP contribution >= 0.6 is 0 Å². The van der Waals surface area contributed by atoms with Crippen LogP contribution in [-0.2, 0) is 9.59 Å². The lowest BCUT2D eigenvalue weighted by Gasteiger charge is -2.28. The summed E-state index contributed by atoms with van der Waals surface area (Å²) in [5, 5.41) is 29.3. The third-order valence-electron chi connectivity index (χ3n) is 2.20. The molecule has 0 bridgehead atoms. The zero-order valence-corrected chi connectivity index (χ0v) is 9.64. The number of hydrogen-bond donors (Lipinski definition) is 4. The van der Waals surface area contributed by atoms with Crippen LogP contribution in [-0.4, -0.2) is 52.4 Å². The van der Waals surface area contributed by atoms with Crippen LogP contribution < -0.4 is 5.32 Å². The minimum absolute atomic E-state index is 0.0922. The molecule has 6 nitrogen and oxygen atoms in total. The van der Waals surface area contributed by atoms with Gasteiger partial charge in [-0.05, 0) is 19.1 Å². The fourth-order valence-electron chi connectivity index (χ4n) is 0.946. The highest BCUT2D eigenvalue weighted by Crippen LogP contribution is 2.04. The molecule has 6 heteroatoms. The predicted octanol–water partition coefficient (Wildman–Crippen LogP) is -1.48. The summed E-state index contributed by atoms with van der Waals surface area (Å²) < 4.78 is 0. The average Bonchev–Trinajstić information content (AvgIpc) is 2.35. The standard InChI is InChI=1S/C11H17NO5/c1-3-9(16)4-8(2)10(17)12-11(5-13,6-14)7-15/h3-4,13-15H,1,5-7H2,2H3,(H,12,17). The molecule has 0 saturated carbocycles. The highest BCUT2D eigenvalue weighted by Gasteiger charge is 2.30. The minimum atomic E-state index is -1.50. The Morgan fingerprint density at radius 2 is 1.71 bits per heavy atom. The molecule has 17 heavy (non-hydrogen) atoms. The van der Waals surface area contributed by atoms with E-state index in [4.69, 9.17) is 15.3 Å². The van der Waals surface area contributed by atoms with Crippen LogP contribution in [0.25, 0.3) is 0 Å². The fourth-order valence-corrected chi connectivity index (χ4v) is 0.946. The van der Waals surface area contributed by atoms with Crippen molar-refractivity contribution < 1.29 is 24.9 Å². The molecule has 0 atom stereocenters. The van der Waals surface area contributed by atoms with Crippen LogP contribution in [0.2, 0.25) is 0 Å². The van der Waals surface area contributed by atoms with Crippen molar-refractivity contribution in [1.29, 1.82) is 0 Å². The van der Waals surface area contributed by atoms with Crippen LogP contribution in [0, 0.1) is 0 Å². The van der Waals surface area contributed by atoms with Gasteiger partial charge in [0, 0.05) is 5.57 Å². The SMILES string of the molecule is C=CC(=O)C=C(C)C(=O)NC(CO)(CO)CO. The number of amides is 1. The molecule has 0 rings (SSSR count). The van der Waals surface area contributed by atoms with Gasteiger partial charge in [-0.2, -0.15) is 0 Å². The lowest BCUT2D eigenvalue weighted by molar-refractivity contribution is -0.122. The van der Waals surface area contributed by atoms with Crippen LogP contribution in [0.1, 0.15) is 6.92 Å². The second kappa shape index (κ2) is 6.95. The monoisotopic (exact) mass is 243 g/mol. The van der Waals surface area contributed by atoms with Crippen molar-refractivity contribution in [2.45, 2.75) is 12.5 Å². The van der Waals surface area contributed by atoms with Crippen LogP contribution in [0.15, 0.2) is 24.3 Å². The second-order valence-electron chi connectivity index (χ2n) is 3.64. The molecule has 0 heterocycles. The molecule has 0 spiro atoms. The molecule has 0 saturated heterocycles. The molecule has 0 radical (unpaired) electrons. The van der Waals surface area contributed by atoms with Crippen LogP contribution in [0.5, 0.6) is 0 Å². The molecule has 96 valence electrons. The maximum absolute atomic E-state index is 11.6. The molecular formula is C11H17NO5. The van der Waals surface area contributed by atoms with E-state index in [1.165, 1.54) is 6.92 Å². The van der Waals surface area contributed by atoms with Gasteiger partial charge >= 0.3 is 0 Å². The molecular weight excluding hydrogens is 226 g/mol. The largest absolute Gasteiger partial charge is 0.394 e. The third-order valence-corrected chi connectivity index (χ3v) is 2.20. The number of nitrogens with one attached hydrogen (secondary N) is 1. The summed E-state index contributed by atoms with van der Waals surface area (Å²) >= 11 is 0. The van der Waals surface area contributed by atoms with E-state index in [1.807, 2.05) is 0 Å². The highest BCUT2D eigenvalue weighted by atomic mass is 16.3. The van der Waals surface area contributed by atoms with Crippen molar-refractivity contribution in [3.63, 3.8) is 0 Å². The number of aliphatic hydroxyl groups excluding tert-OH is 3. The fraction of sp³-hybridized carbons (Fsp3) is 0.455. The normalized spacial score (nSPS) is 12.1. The first-order valence-electron chi connectivity index (χ1n) is 4.94. The van der Waals surface area contributed by atoms with Crippen molar-refractivity contribution in [1.82, 2.24) is 5.32 Å². The molecule has 1 amide bonds. The van der Waals surface area contributed by atoms with Crippen molar-refractivity contribution in [3.05, 3.63) is 24.3 Å². The Balaban J connectivity index is 4.79. The molecule has 0 aliphatic carbocycles. The second-order valence-corrected chi connectivity index (χ2v) is 3.64. The van der Waals surface area contributed by atoms with Crippen molar-refractivity contribution in [2.24, 2.45) is 0 Å². The van der Waals surface area contributed by atoms with Crippen LogP contribution in [0.4, 0.5) is 0 Å². The van der Waals surface area contributed by atoms with Gasteiger partial charge in [0.15, 0.2) is 5.78 Å². The summed E-state index contributed by atoms with van der Waals surface area (Å²) in [7, 11) is 0. The molecule has 0 aliphatic heterocycles. The van der Waals surface area contributed by atoms with E-state index >= 15 is 0 Å². The Morgan fingerprint density at radius 3 is 2.06 bits per heavy atom. The number of allylic oxidation sites excluding steroid dienone is 2. The number of rotatable bonds is 7. The Labute approximate surface area is 99.3 Å². The maximum atomic E-state index is 11.6. The molecule has 0 aromatic heterocycles. The van der Waals surface area contributed by atoms with Gasteiger partial charge < -0.3 is 20.6 Å². The first-order valence-corrected chi connectivity index (χ1v) is 4.94. The quantitative estimate of drug-likeness (QED) is 0.408. The van der Waals surface area contributed by atoms with Gasteiger partial charge in [0.2, 0.25) is 5.91 Å². The van der Waals surface area contributed by atoms with Gasteiger partial charge in [0.25, 0.3) is 0 Å². The minimum Gasteiger partial charge on any atom is -0.394 e. The summed E-state index contributed by atoms with van der Waals surface area (Å²) in [6.45, 7) is 2.80. The predicted molar refractivity (Wildman–Crippen MR) is 61.1 cm³/mol. The third kappa shape index (κ3) is 4.48. The highest BCUT2D eigenvalue weighted by molar-refractivity contribution is 6.05. The van der Waals surface area contributed by atoms with Crippen molar-refractivity contribution >= 4 is 11.7 Å². The number of hydrogen-bond acceptors (Lipinski definition) is 5. The van der Waals surface area contributed by atoms with Crippen LogP contribution in [0.3, 0.4) is 0 Å². The van der Waals surface area contributed by atoms with Crippen molar-refractivity contribution in [3.8, 4) is 0 Å². The summed E-state index contributed by atoms with van der Waals surface area (Å²) in [4.78, 5) is 22.6. The lowest BCUT2D eigenvalue weighted by Crippen LogP contribution is -2.57. The Hall–Kier alpha value is -1.50. The molecule has 0 fully saturated rings. The first-order chi connectivity index (χ1) is 7.94. The van der Waals surface area contributed by atoms with Gasteiger partial charge in [0.05, 0.1) is 19.8 Å². The van der Waals surface area contributed by atoms with E-state index in [2.05, 4.69) is 11.9 Å². The average molecular weight is 243 g/mol. The van der Waals surface area contributed by atoms with E-state index in [-0.39, 0.29) is 5.57 Å². The van der Waals surface area contributed by atoms with Crippen molar-refractivity contribution in [2.75, 3.05) is 19.8 Å². The zero-order chi connectivity index (χ0) is 13.5. The number of carbonyl (C=O) groups excluding carboxylic acids is 2. The number of aliphatic hydroxyl groups is 3. The van der Waals surface area contributed by atoms with Gasteiger partial charge in [0.1, 0.15) is 5.54 Å². The van der Waals surface area contributed by atoms with E-state index in [0.29, 0.717) is 0 Å². The number of carbonyl (C=O) groups is 2. The van der Waals surface area contributed by atoms with E-state index < -0.39 is 37.0 Å². The summed E-state index contributed by atoms with van der Waals surface area (Å²) in [5.41, 5.74) is -1.40. The summed E-state index contributed by atoms with van der Waals surface area (Å²) in [6.07, 6.45) is 2.12. The molecule has 4 N–H and O–H groups in total.